The van der Waals surface area contributed by atoms with Gasteiger partial charge in [-0.25, -0.2) is 9.18 Å². The average molecular weight is 573 g/mol. The van der Waals surface area contributed by atoms with Gasteiger partial charge in [-0.1, -0.05) is 12.2 Å². The lowest BCUT2D eigenvalue weighted by atomic mass is 9.91. The molecular weight excluding hydrogens is 531 g/mol. The molecule has 224 valence electrons. The van der Waals surface area contributed by atoms with Crippen molar-refractivity contribution in [3.05, 3.63) is 60.1 Å². The number of ether oxygens (including phenoxy) is 5. The van der Waals surface area contributed by atoms with Crippen molar-refractivity contribution in [1.82, 2.24) is 0 Å². The fraction of sp³-hybridized carbons (Fsp3) is 0.594. The van der Waals surface area contributed by atoms with Crippen LogP contribution in [-0.4, -0.2) is 55.0 Å². The molecule has 1 aromatic carbocycles. The summed E-state index contributed by atoms with van der Waals surface area (Å²) in [5.74, 6) is -2.67. The molecule has 9 heteroatoms. The first-order valence-electron chi connectivity index (χ1n) is 14.7. The first kappa shape index (κ1) is 31.1. The maximum absolute atomic E-state index is 13.0. The van der Waals surface area contributed by atoms with Crippen LogP contribution in [-0.2, 0) is 28.5 Å². The van der Waals surface area contributed by atoms with E-state index in [4.69, 9.17) is 23.7 Å². The van der Waals surface area contributed by atoms with Crippen LogP contribution in [0.4, 0.5) is 4.39 Å². The number of aliphatic carboxylic acids is 1. The Labute approximate surface area is 241 Å². The zero-order valence-electron chi connectivity index (χ0n) is 23.5. The second kappa shape index (κ2) is 16.0. The third-order valence-corrected chi connectivity index (χ3v) is 7.63. The normalized spacial score (nSPS) is 26.3. The summed E-state index contributed by atoms with van der Waals surface area (Å²) >= 11 is 0. The van der Waals surface area contributed by atoms with Gasteiger partial charge in [0.05, 0.1) is 6.61 Å². The SMILES string of the molecule is O=C1CC[C@H](/C=C/CCOc2ccc(F)cc2)[C@H]1CC=C=CCC(OC1CCCCO1)(OC1CCCCO1)C(=O)O. The molecule has 3 aliphatic rings. The molecule has 8 nitrogen and oxygen atoms in total. The monoisotopic (exact) mass is 572 g/mol. The van der Waals surface area contributed by atoms with E-state index in [-0.39, 0.29) is 29.9 Å². The van der Waals surface area contributed by atoms with E-state index < -0.39 is 24.3 Å². The van der Waals surface area contributed by atoms with Crippen molar-refractivity contribution in [3.8, 4) is 5.75 Å². The van der Waals surface area contributed by atoms with E-state index in [9.17, 15) is 19.1 Å². The van der Waals surface area contributed by atoms with Gasteiger partial charge < -0.3 is 28.8 Å². The Morgan fingerprint density at radius 1 is 1.02 bits per heavy atom. The molecule has 1 N–H and O–H groups in total. The summed E-state index contributed by atoms with van der Waals surface area (Å²) < 4.78 is 41.8. The topological polar surface area (TPSA) is 101 Å². The van der Waals surface area contributed by atoms with Crippen molar-refractivity contribution in [1.29, 1.82) is 0 Å². The van der Waals surface area contributed by atoms with Gasteiger partial charge in [-0.3, -0.25) is 4.79 Å². The van der Waals surface area contributed by atoms with E-state index in [0.717, 1.165) is 32.1 Å². The Hall–Kier alpha value is -2.81. The summed E-state index contributed by atoms with van der Waals surface area (Å²) in [4.78, 5) is 25.0. The number of hydrogen-bond donors (Lipinski definition) is 1. The van der Waals surface area contributed by atoms with Gasteiger partial charge in [0.2, 0.25) is 0 Å². The summed E-state index contributed by atoms with van der Waals surface area (Å²) in [6.45, 7) is 1.49. The van der Waals surface area contributed by atoms with Gasteiger partial charge in [0, 0.05) is 32.0 Å². The van der Waals surface area contributed by atoms with Crippen molar-refractivity contribution < 1.29 is 42.8 Å². The number of rotatable bonds is 14. The lowest BCUT2D eigenvalue weighted by Gasteiger charge is -2.37. The molecule has 2 heterocycles. The predicted octanol–water partition coefficient (Wildman–Crippen LogP) is 6.10. The minimum absolute atomic E-state index is 0.0748. The number of carbonyl (C=O) groups excluding carboxylic acids is 1. The molecule has 2 unspecified atom stereocenters. The minimum atomic E-state index is -1.95. The van der Waals surface area contributed by atoms with Crippen LogP contribution in [0.25, 0.3) is 0 Å². The number of benzene rings is 1. The lowest BCUT2D eigenvalue weighted by molar-refractivity contribution is -0.349. The van der Waals surface area contributed by atoms with Crippen LogP contribution >= 0.6 is 0 Å². The number of carboxylic acid groups (broad SMARTS) is 1. The highest BCUT2D eigenvalue weighted by Gasteiger charge is 2.46. The van der Waals surface area contributed by atoms with E-state index in [2.05, 4.69) is 11.8 Å². The number of Topliss-reactive ketones (excluding diaryl/α,β-unsaturated/α-hetero) is 1. The molecule has 4 rings (SSSR count). The van der Waals surface area contributed by atoms with Crippen LogP contribution in [0, 0.1) is 17.7 Å². The highest BCUT2D eigenvalue weighted by Crippen LogP contribution is 2.33. The van der Waals surface area contributed by atoms with E-state index in [1.165, 1.54) is 12.1 Å². The number of carbonyl (C=O) groups is 2. The first-order chi connectivity index (χ1) is 19.9. The molecule has 3 fully saturated rings. The van der Waals surface area contributed by atoms with E-state index in [0.29, 0.717) is 57.7 Å². The number of hydrogen-bond acceptors (Lipinski definition) is 7. The van der Waals surface area contributed by atoms with Gasteiger partial charge in [-0.05, 0) is 100 Å². The lowest BCUT2D eigenvalue weighted by Crippen LogP contribution is -2.50. The number of allylic oxidation sites excluding steroid dienone is 1. The molecule has 2 saturated heterocycles. The van der Waals surface area contributed by atoms with Crippen LogP contribution in [0.2, 0.25) is 0 Å². The Kier molecular flexibility index (Phi) is 12.1. The van der Waals surface area contributed by atoms with E-state index in [1.807, 2.05) is 6.08 Å². The Morgan fingerprint density at radius 3 is 2.32 bits per heavy atom. The maximum Gasteiger partial charge on any atom is 0.364 e. The Bertz CT molecular complexity index is 1050. The molecule has 41 heavy (non-hydrogen) atoms. The highest BCUT2D eigenvalue weighted by molar-refractivity contribution is 5.83. The fourth-order valence-corrected chi connectivity index (χ4v) is 5.33. The number of ketones is 1. The van der Waals surface area contributed by atoms with Crippen LogP contribution in [0.1, 0.15) is 70.6 Å². The number of halogens is 1. The molecule has 0 aromatic heterocycles. The summed E-state index contributed by atoms with van der Waals surface area (Å²) in [5, 5.41) is 10.2. The second-order valence-corrected chi connectivity index (χ2v) is 10.7. The maximum atomic E-state index is 13.0. The Balaban J connectivity index is 1.32. The van der Waals surface area contributed by atoms with E-state index in [1.54, 1.807) is 24.3 Å². The first-order valence-corrected chi connectivity index (χ1v) is 14.7. The summed E-state index contributed by atoms with van der Waals surface area (Å²) in [6, 6.07) is 5.91. The smallest absolute Gasteiger partial charge is 0.364 e. The second-order valence-electron chi connectivity index (χ2n) is 10.7. The predicted molar refractivity (Wildman–Crippen MR) is 148 cm³/mol. The molecule has 2 aliphatic heterocycles. The molecule has 0 bridgehead atoms. The molecule has 0 radical (unpaired) electrons. The van der Waals surface area contributed by atoms with Crippen molar-refractivity contribution in [2.45, 2.75) is 89.0 Å². The number of carboxylic acids is 1. The average Bonchev–Trinajstić information content (AvgIpc) is 3.33. The van der Waals surface area contributed by atoms with Gasteiger partial charge in [0.25, 0.3) is 5.79 Å². The van der Waals surface area contributed by atoms with Gasteiger partial charge in [-0.15, -0.1) is 5.73 Å². The zero-order chi connectivity index (χ0) is 28.9. The Morgan fingerprint density at radius 2 is 1.71 bits per heavy atom. The molecule has 1 aromatic rings. The third-order valence-electron chi connectivity index (χ3n) is 7.63. The van der Waals surface area contributed by atoms with Crippen LogP contribution in [0.5, 0.6) is 5.75 Å². The van der Waals surface area contributed by atoms with Crippen molar-refractivity contribution in [2.75, 3.05) is 19.8 Å². The molecule has 0 amide bonds. The quantitative estimate of drug-likeness (QED) is 0.123. The van der Waals surface area contributed by atoms with Gasteiger partial charge in [0.1, 0.15) is 17.3 Å². The van der Waals surface area contributed by atoms with Crippen molar-refractivity contribution in [3.63, 3.8) is 0 Å². The largest absolute Gasteiger partial charge is 0.493 e. The highest BCUT2D eigenvalue weighted by atomic mass is 19.1. The van der Waals surface area contributed by atoms with Gasteiger partial charge in [0.15, 0.2) is 12.6 Å². The van der Waals surface area contributed by atoms with Crippen molar-refractivity contribution in [2.24, 2.45) is 11.8 Å². The molecule has 1 aliphatic carbocycles. The van der Waals surface area contributed by atoms with Crippen LogP contribution in [0.3, 0.4) is 0 Å². The summed E-state index contributed by atoms with van der Waals surface area (Å²) in [6.07, 6.45) is 13.4. The van der Waals surface area contributed by atoms with Gasteiger partial charge >= 0.3 is 5.97 Å². The molecule has 4 atom stereocenters. The summed E-state index contributed by atoms with van der Waals surface area (Å²) in [5.41, 5.74) is 3.06. The molecule has 0 spiro atoms. The minimum Gasteiger partial charge on any atom is -0.493 e. The summed E-state index contributed by atoms with van der Waals surface area (Å²) in [7, 11) is 0. The molecular formula is C32H41FO8. The van der Waals surface area contributed by atoms with Crippen LogP contribution < -0.4 is 4.74 Å². The third kappa shape index (κ3) is 9.62. The fourth-order valence-electron chi connectivity index (χ4n) is 5.33. The molecule has 1 saturated carbocycles. The van der Waals surface area contributed by atoms with Crippen LogP contribution in [0.15, 0.2) is 54.3 Å². The van der Waals surface area contributed by atoms with E-state index >= 15 is 0 Å². The van der Waals surface area contributed by atoms with Gasteiger partial charge in [-0.2, -0.15) is 0 Å². The zero-order valence-corrected chi connectivity index (χ0v) is 23.5. The standard InChI is InChI=1S/C32H41FO8/c33-25-15-17-26(18-16-25)37-21-7-3-10-24-14-19-28(34)27(24)11-2-1-6-20-32(31(35)36,40-29-12-4-8-22-38-29)41-30-13-5-9-23-39-30/h2-3,6,10,15-18,24,27,29-30H,4-5,7-9,11-14,19-23H2,(H,35,36)/b10-3+/t1?,24-,27+,29?,30?,32?/m0/s1. The van der Waals surface area contributed by atoms with Crippen molar-refractivity contribution >= 4 is 11.8 Å².